The maximum Gasteiger partial charge on any atom is 0.227 e. The van der Waals surface area contributed by atoms with E-state index in [1.807, 2.05) is 20.9 Å². The van der Waals surface area contributed by atoms with Crippen LogP contribution in [0.25, 0.3) is 0 Å². The molecule has 0 unspecified atom stereocenters. The largest absolute Gasteiger partial charge is 0.409 e. The lowest BCUT2D eigenvalue weighted by Gasteiger charge is -2.05. The van der Waals surface area contributed by atoms with Gasteiger partial charge in [-0.3, -0.25) is 9.48 Å². The number of aromatic nitrogens is 2. The highest BCUT2D eigenvalue weighted by Crippen LogP contribution is 2.11. The number of rotatable bonds is 4. The van der Waals surface area contributed by atoms with Gasteiger partial charge >= 0.3 is 0 Å². The third-order valence-corrected chi connectivity index (χ3v) is 2.59. The van der Waals surface area contributed by atoms with E-state index in [9.17, 15) is 4.79 Å². The fourth-order valence-electron chi connectivity index (χ4n) is 1.52. The molecule has 94 valence electrons. The molecule has 0 aliphatic rings. The van der Waals surface area contributed by atoms with Crippen molar-refractivity contribution in [2.75, 3.05) is 0 Å². The van der Waals surface area contributed by atoms with Gasteiger partial charge in [0.15, 0.2) is 0 Å². The molecule has 7 nitrogen and oxygen atoms in total. The number of carbonyl (C=O) groups excluding carboxylic acids is 1. The predicted molar refractivity (Wildman–Crippen MR) is 62.6 cm³/mol. The lowest BCUT2D eigenvalue weighted by Crippen LogP contribution is -2.28. The molecular formula is C10H17N5O2. The number of nitrogens with one attached hydrogen (secondary N) is 1. The number of aryl methyl sites for hydroxylation is 2. The molecule has 1 aromatic heterocycles. The van der Waals surface area contributed by atoms with E-state index in [2.05, 4.69) is 15.6 Å². The van der Waals surface area contributed by atoms with E-state index in [1.54, 1.807) is 4.68 Å². The van der Waals surface area contributed by atoms with Crippen LogP contribution in [0.2, 0.25) is 0 Å². The maximum atomic E-state index is 11.4. The Balaban J connectivity index is 2.59. The molecule has 1 heterocycles. The Morgan fingerprint density at radius 1 is 1.59 bits per heavy atom. The van der Waals surface area contributed by atoms with Gasteiger partial charge in [0, 0.05) is 24.8 Å². The number of oxime groups is 1. The average Bonchev–Trinajstić information content (AvgIpc) is 2.51. The van der Waals surface area contributed by atoms with E-state index in [0.717, 1.165) is 17.0 Å². The Kier molecular flexibility index (Phi) is 4.08. The lowest BCUT2D eigenvalue weighted by molar-refractivity contribution is -0.120. The molecular weight excluding hydrogens is 222 g/mol. The molecule has 0 aromatic carbocycles. The molecule has 1 aromatic rings. The van der Waals surface area contributed by atoms with Gasteiger partial charge in [0.1, 0.15) is 5.84 Å². The summed E-state index contributed by atoms with van der Waals surface area (Å²) in [6.45, 7) is 4.21. The Labute approximate surface area is 99.3 Å². The molecule has 0 spiro atoms. The van der Waals surface area contributed by atoms with Crippen LogP contribution in [0.4, 0.5) is 0 Å². The summed E-state index contributed by atoms with van der Waals surface area (Å²) in [4.78, 5) is 11.4. The van der Waals surface area contributed by atoms with Gasteiger partial charge in [0.2, 0.25) is 5.91 Å². The molecule has 1 amide bonds. The van der Waals surface area contributed by atoms with Gasteiger partial charge in [-0.15, -0.1) is 0 Å². The van der Waals surface area contributed by atoms with Crippen LogP contribution < -0.4 is 11.1 Å². The molecule has 0 aliphatic carbocycles. The summed E-state index contributed by atoms with van der Waals surface area (Å²) in [6.07, 6.45) is -0.116. The van der Waals surface area contributed by atoms with Gasteiger partial charge in [0.25, 0.3) is 0 Å². The summed E-state index contributed by atoms with van der Waals surface area (Å²) in [5.41, 5.74) is 8.11. The number of nitrogens with zero attached hydrogens (tertiary/aromatic N) is 3. The fourth-order valence-corrected chi connectivity index (χ4v) is 1.52. The third kappa shape index (κ3) is 3.20. The average molecular weight is 239 g/mol. The minimum Gasteiger partial charge on any atom is -0.409 e. The van der Waals surface area contributed by atoms with Crippen molar-refractivity contribution in [3.8, 4) is 0 Å². The Morgan fingerprint density at radius 3 is 2.71 bits per heavy atom. The van der Waals surface area contributed by atoms with Crippen molar-refractivity contribution in [3.05, 3.63) is 17.0 Å². The van der Waals surface area contributed by atoms with Crippen molar-refractivity contribution in [1.82, 2.24) is 15.1 Å². The van der Waals surface area contributed by atoms with E-state index in [4.69, 9.17) is 10.9 Å². The smallest absolute Gasteiger partial charge is 0.227 e. The summed E-state index contributed by atoms with van der Waals surface area (Å²) in [5, 5.41) is 18.0. The van der Waals surface area contributed by atoms with E-state index in [-0.39, 0.29) is 18.2 Å². The summed E-state index contributed by atoms with van der Waals surface area (Å²) in [6, 6.07) is 0. The molecule has 7 heteroatoms. The molecule has 0 saturated heterocycles. The van der Waals surface area contributed by atoms with Crippen molar-refractivity contribution in [2.45, 2.75) is 26.8 Å². The van der Waals surface area contributed by atoms with E-state index in [0.29, 0.717) is 6.54 Å². The van der Waals surface area contributed by atoms with Crippen LogP contribution in [0.3, 0.4) is 0 Å². The Morgan fingerprint density at radius 2 is 2.24 bits per heavy atom. The lowest BCUT2D eigenvalue weighted by atomic mass is 10.2. The first kappa shape index (κ1) is 13.0. The second-order valence-corrected chi connectivity index (χ2v) is 3.82. The molecule has 0 radical (unpaired) electrons. The second kappa shape index (κ2) is 5.33. The third-order valence-electron chi connectivity index (χ3n) is 2.59. The monoisotopic (exact) mass is 239 g/mol. The number of amidine groups is 1. The topological polar surface area (TPSA) is 106 Å². The second-order valence-electron chi connectivity index (χ2n) is 3.82. The number of amides is 1. The number of hydrogen-bond acceptors (Lipinski definition) is 4. The quantitative estimate of drug-likeness (QED) is 0.292. The van der Waals surface area contributed by atoms with Crippen LogP contribution >= 0.6 is 0 Å². The SMILES string of the molecule is Cc1nn(C)c(C)c1CNC(=O)CC(N)=NO. The molecule has 0 fully saturated rings. The van der Waals surface area contributed by atoms with Gasteiger partial charge in [-0.1, -0.05) is 5.16 Å². The summed E-state index contributed by atoms with van der Waals surface area (Å²) in [7, 11) is 1.85. The number of nitrogens with two attached hydrogens (primary N) is 1. The molecule has 0 saturated carbocycles. The minimum atomic E-state index is -0.289. The van der Waals surface area contributed by atoms with Gasteiger partial charge < -0.3 is 16.3 Å². The molecule has 1 rings (SSSR count). The fraction of sp³-hybridized carbons (Fsp3) is 0.500. The first-order valence-electron chi connectivity index (χ1n) is 5.18. The van der Waals surface area contributed by atoms with E-state index >= 15 is 0 Å². The van der Waals surface area contributed by atoms with Gasteiger partial charge in [0.05, 0.1) is 12.1 Å². The molecule has 0 aliphatic heterocycles. The van der Waals surface area contributed by atoms with Crippen LogP contribution in [-0.2, 0) is 18.4 Å². The Hall–Kier alpha value is -2.05. The summed E-state index contributed by atoms with van der Waals surface area (Å²) >= 11 is 0. The van der Waals surface area contributed by atoms with Crippen molar-refractivity contribution in [2.24, 2.45) is 17.9 Å². The maximum absolute atomic E-state index is 11.4. The number of carbonyl (C=O) groups is 1. The molecule has 0 atom stereocenters. The first-order chi connectivity index (χ1) is 7.95. The minimum absolute atomic E-state index is 0.109. The summed E-state index contributed by atoms with van der Waals surface area (Å²) in [5.74, 6) is -0.398. The van der Waals surface area contributed by atoms with Gasteiger partial charge in [-0.05, 0) is 13.8 Å². The van der Waals surface area contributed by atoms with Crippen LogP contribution in [-0.4, -0.2) is 26.7 Å². The van der Waals surface area contributed by atoms with Gasteiger partial charge in [-0.25, -0.2) is 0 Å². The van der Waals surface area contributed by atoms with Crippen LogP contribution in [0.5, 0.6) is 0 Å². The van der Waals surface area contributed by atoms with Gasteiger partial charge in [-0.2, -0.15) is 5.10 Å². The van der Waals surface area contributed by atoms with E-state index < -0.39 is 0 Å². The highest BCUT2D eigenvalue weighted by atomic mass is 16.4. The highest BCUT2D eigenvalue weighted by Gasteiger charge is 2.11. The zero-order valence-electron chi connectivity index (χ0n) is 10.2. The van der Waals surface area contributed by atoms with Crippen molar-refractivity contribution < 1.29 is 10.0 Å². The molecule has 4 N–H and O–H groups in total. The van der Waals surface area contributed by atoms with Crippen molar-refractivity contribution in [1.29, 1.82) is 0 Å². The van der Waals surface area contributed by atoms with Crippen LogP contribution in [0.15, 0.2) is 5.16 Å². The van der Waals surface area contributed by atoms with Crippen LogP contribution in [0, 0.1) is 13.8 Å². The Bertz CT molecular complexity index is 450. The van der Waals surface area contributed by atoms with E-state index in [1.165, 1.54) is 0 Å². The standard InChI is InChI=1S/C10H17N5O2/c1-6-8(7(2)15(3)13-6)5-12-10(16)4-9(11)14-17/h17H,4-5H2,1-3H3,(H2,11,14)(H,12,16). The van der Waals surface area contributed by atoms with Crippen molar-refractivity contribution >= 4 is 11.7 Å². The first-order valence-corrected chi connectivity index (χ1v) is 5.18. The summed E-state index contributed by atoms with van der Waals surface area (Å²) < 4.78 is 1.76. The molecule has 0 bridgehead atoms. The van der Waals surface area contributed by atoms with Crippen LogP contribution in [0.1, 0.15) is 23.4 Å². The highest BCUT2D eigenvalue weighted by molar-refractivity contribution is 5.98. The zero-order chi connectivity index (χ0) is 13.0. The molecule has 17 heavy (non-hydrogen) atoms. The normalized spacial score (nSPS) is 11.6. The predicted octanol–water partition coefficient (Wildman–Crippen LogP) is -0.210. The number of hydrogen-bond donors (Lipinski definition) is 3. The zero-order valence-corrected chi connectivity index (χ0v) is 10.2. The van der Waals surface area contributed by atoms with Crippen molar-refractivity contribution in [3.63, 3.8) is 0 Å².